The van der Waals surface area contributed by atoms with Crippen molar-refractivity contribution in [3.8, 4) is 11.4 Å². The first kappa shape index (κ1) is 14.9. The van der Waals surface area contributed by atoms with Crippen LogP contribution in [-0.4, -0.2) is 33.0 Å². The van der Waals surface area contributed by atoms with E-state index < -0.39 is 11.9 Å². The van der Waals surface area contributed by atoms with E-state index in [1.807, 2.05) is 6.07 Å². The van der Waals surface area contributed by atoms with E-state index in [1.54, 1.807) is 42.5 Å². The fraction of sp³-hybridized carbons (Fsp3) is 0.0556. The molecule has 7 nitrogen and oxygen atoms in total. The Kier molecular flexibility index (Phi) is 3.46. The van der Waals surface area contributed by atoms with Crippen molar-refractivity contribution < 1.29 is 9.59 Å². The number of aromatic amines is 1. The molecule has 0 saturated carbocycles. The fourth-order valence-electron chi connectivity index (χ4n) is 2.66. The van der Waals surface area contributed by atoms with E-state index in [2.05, 4.69) is 15.0 Å². The predicted octanol–water partition coefficient (Wildman–Crippen LogP) is 2.12. The van der Waals surface area contributed by atoms with Crippen LogP contribution in [0.25, 0.3) is 22.3 Å². The Morgan fingerprint density at radius 1 is 0.960 bits per heavy atom. The van der Waals surface area contributed by atoms with Crippen LogP contribution in [0.15, 0.2) is 58.3 Å². The Balaban J connectivity index is 1.63. The van der Waals surface area contributed by atoms with E-state index in [-0.39, 0.29) is 12.1 Å². The van der Waals surface area contributed by atoms with E-state index in [9.17, 15) is 14.4 Å². The van der Waals surface area contributed by atoms with Crippen LogP contribution >= 0.6 is 0 Å². The second-order valence-electron chi connectivity index (χ2n) is 5.59. The fourth-order valence-corrected chi connectivity index (χ4v) is 2.66. The third kappa shape index (κ3) is 2.72. The molecular formula is C18H12N4O3. The summed E-state index contributed by atoms with van der Waals surface area (Å²) in [6, 6.07) is 13.7. The smallest absolute Gasteiger partial charge is 0.306 e. The molecule has 3 amide bonds. The van der Waals surface area contributed by atoms with Gasteiger partial charge in [0.1, 0.15) is 5.82 Å². The van der Waals surface area contributed by atoms with Gasteiger partial charge in [-0.15, -0.1) is 0 Å². The van der Waals surface area contributed by atoms with E-state index in [1.165, 1.54) is 0 Å². The van der Waals surface area contributed by atoms with Gasteiger partial charge >= 0.3 is 6.03 Å². The van der Waals surface area contributed by atoms with Gasteiger partial charge in [-0.25, -0.2) is 9.78 Å². The normalized spacial score (nSPS) is 13.8. The zero-order valence-corrected chi connectivity index (χ0v) is 13.0. The van der Waals surface area contributed by atoms with Crippen molar-refractivity contribution in [2.24, 2.45) is 4.99 Å². The number of hydrogen-bond acceptors (Lipinski definition) is 4. The van der Waals surface area contributed by atoms with Gasteiger partial charge in [-0.2, -0.15) is 4.99 Å². The van der Waals surface area contributed by atoms with Crippen molar-refractivity contribution in [1.82, 2.24) is 14.9 Å². The number of amides is 3. The van der Waals surface area contributed by atoms with Crippen LogP contribution in [0.3, 0.4) is 0 Å². The van der Waals surface area contributed by atoms with Crippen LogP contribution in [-0.2, 0) is 11.3 Å². The van der Waals surface area contributed by atoms with Crippen molar-refractivity contribution in [2.45, 2.75) is 6.54 Å². The summed E-state index contributed by atoms with van der Waals surface area (Å²) in [4.78, 5) is 47.0. The van der Waals surface area contributed by atoms with Crippen molar-refractivity contribution in [3.05, 3.63) is 64.4 Å². The highest BCUT2D eigenvalue weighted by Crippen LogP contribution is 2.18. The number of carbonyl (C=O) groups excluding carboxylic acids is 2. The molecule has 0 atom stereocenters. The van der Waals surface area contributed by atoms with Gasteiger partial charge in [0.25, 0.3) is 11.5 Å². The summed E-state index contributed by atoms with van der Waals surface area (Å²) in [5.41, 5.74) is 1.94. The topological polar surface area (TPSA) is 95.5 Å². The summed E-state index contributed by atoms with van der Waals surface area (Å²) in [6.07, 6.45) is 1.01. The van der Waals surface area contributed by atoms with Gasteiger partial charge in [0.15, 0.2) is 0 Å². The summed E-state index contributed by atoms with van der Waals surface area (Å²) in [5.74, 6) is 0.0431. The van der Waals surface area contributed by atoms with Crippen molar-refractivity contribution >= 4 is 29.1 Å². The van der Waals surface area contributed by atoms with Gasteiger partial charge in [0.05, 0.1) is 23.7 Å². The molecule has 0 bridgehead atoms. The summed E-state index contributed by atoms with van der Waals surface area (Å²) in [6.45, 7) is 0.152. The zero-order chi connectivity index (χ0) is 17.4. The molecule has 4 rings (SSSR count). The van der Waals surface area contributed by atoms with E-state index in [0.717, 1.165) is 22.2 Å². The summed E-state index contributed by atoms with van der Waals surface area (Å²) in [7, 11) is 0. The van der Waals surface area contributed by atoms with Crippen molar-refractivity contribution in [2.75, 3.05) is 0 Å². The molecule has 0 fully saturated rings. The van der Waals surface area contributed by atoms with Crippen LogP contribution in [0.4, 0.5) is 4.79 Å². The first-order valence-corrected chi connectivity index (χ1v) is 7.60. The molecule has 1 aliphatic heterocycles. The second kappa shape index (κ2) is 5.79. The lowest BCUT2D eigenvalue weighted by atomic mass is 10.1. The molecule has 3 aromatic rings. The Labute approximate surface area is 141 Å². The molecule has 2 heterocycles. The van der Waals surface area contributed by atoms with E-state index in [4.69, 9.17) is 0 Å². The number of rotatable bonds is 3. The molecule has 0 aliphatic carbocycles. The summed E-state index contributed by atoms with van der Waals surface area (Å²) < 4.78 is 0. The van der Waals surface area contributed by atoms with Gasteiger partial charge in [0.2, 0.25) is 0 Å². The minimum Gasteiger partial charge on any atom is -0.306 e. The lowest BCUT2D eigenvalue weighted by molar-refractivity contribution is -0.120. The Morgan fingerprint density at radius 2 is 1.72 bits per heavy atom. The number of aliphatic imine (C=N–C) groups is 1. The van der Waals surface area contributed by atoms with Gasteiger partial charge in [-0.05, 0) is 17.7 Å². The standard InChI is InChI=1S/C18H12N4O3/c23-15-9-19-18(25)22(15)10-11-5-7-12(8-6-11)16-20-14-4-2-1-3-13(14)17(24)21-16/h1-9H,10H2,(H,20,21,24). The molecule has 25 heavy (non-hydrogen) atoms. The summed E-state index contributed by atoms with van der Waals surface area (Å²) >= 11 is 0. The maximum atomic E-state index is 12.2. The molecule has 1 aliphatic rings. The Morgan fingerprint density at radius 3 is 2.44 bits per heavy atom. The lowest BCUT2D eigenvalue weighted by Crippen LogP contribution is -2.29. The number of hydrogen-bond donors (Lipinski definition) is 1. The van der Waals surface area contributed by atoms with Crippen LogP contribution in [0.1, 0.15) is 5.56 Å². The van der Waals surface area contributed by atoms with Gasteiger partial charge in [-0.1, -0.05) is 36.4 Å². The maximum Gasteiger partial charge on any atom is 0.350 e. The van der Waals surface area contributed by atoms with E-state index in [0.29, 0.717) is 16.7 Å². The highest BCUT2D eigenvalue weighted by Gasteiger charge is 2.25. The highest BCUT2D eigenvalue weighted by molar-refractivity contribution is 6.35. The lowest BCUT2D eigenvalue weighted by Gasteiger charge is -2.12. The number of imide groups is 1. The second-order valence-corrected chi connectivity index (χ2v) is 5.59. The average molecular weight is 332 g/mol. The number of fused-ring (bicyclic) bond motifs is 1. The predicted molar refractivity (Wildman–Crippen MR) is 92.2 cm³/mol. The number of nitrogens with zero attached hydrogens (tertiary/aromatic N) is 3. The average Bonchev–Trinajstić information content (AvgIpc) is 2.94. The largest absolute Gasteiger partial charge is 0.350 e. The molecule has 0 spiro atoms. The SMILES string of the molecule is O=C1C=NC(=O)N1Cc1ccc(-c2nc3ccccc3c(=O)[nH]2)cc1. The molecule has 1 N–H and O–H groups in total. The summed E-state index contributed by atoms with van der Waals surface area (Å²) in [5, 5.41) is 0.536. The molecule has 0 saturated heterocycles. The molecule has 2 aromatic carbocycles. The molecule has 0 radical (unpaired) electrons. The van der Waals surface area contributed by atoms with Gasteiger partial charge in [-0.3, -0.25) is 14.5 Å². The Hall–Kier alpha value is -3.61. The van der Waals surface area contributed by atoms with E-state index >= 15 is 0 Å². The van der Waals surface area contributed by atoms with Gasteiger partial charge in [0, 0.05) is 5.56 Å². The first-order valence-electron chi connectivity index (χ1n) is 7.60. The van der Waals surface area contributed by atoms with Crippen LogP contribution in [0, 0.1) is 0 Å². The zero-order valence-electron chi connectivity index (χ0n) is 13.0. The number of benzene rings is 2. The minimum absolute atomic E-state index is 0.152. The molecule has 1 aromatic heterocycles. The van der Waals surface area contributed by atoms with Crippen LogP contribution < -0.4 is 5.56 Å². The molecule has 122 valence electrons. The van der Waals surface area contributed by atoms with Crippen LogP contribution in [0.5, 0.6) is 0 Å². The van der Waals surface area contributed by atoms with Crippen LogP contribution in [0.2, 0.25) is 0 Å². The number of urea groups is 1. The molecule has 7 heteroatoms. The third-order valence-corrected chi connectivity index (χ3v) is 3.96. The monoisotopic (exact) mass is 332 g/mol. The molecular weight excluding hydrogens is 320 g/mol. The van der Waals surface area contributed by atoms with Gasteiger partial charge < -0.3 is 4.98 Å². The quantitative estimate of drug-likeness (QED) is 0.794. The third-order valence-electron chi connectivity index (χ3n) is 3.96. The number of carbonyl (C=O) groups is 2. The van der Waals surface area contributed by atoms with Crippen molar-refractivity contribution in [1.29, 1.82) is 0 Å². The highest BCUT2D eigenvalue weighted by atomic mass is 16.2. The molecule has 0 unspecified atom stereocenters. The van der Waals surface area contributed by atoms with Crippen molar-refractivity contribution in [3.63, 3.8) is 0 Å². The maximum absolute atomic E-state index is 12.2. The number of nitrogens with one attached hydrogen (secondary N) is 1. The first-order chi connectivity index (χ1) is 12.1. The number of aromatic nitrogens is 2. The Bertz CT molecular complexity index is 1070. The number of H-pyrrole nitrogens is 1. The number of para-hydroxylation sites is 1. The minimum atomic E-state index is -0.561.